The van der Waals surface area contributed by atoms with Crippen LogP contribution in [0, 0.1) is 13.8 Å². The number of hydrogen-bond acceptors (Lipinski definition) is 2. The van der Waals surface area contributed by atoms with Crippen LogP contribution in [0.1, 0.15) is 38.8 Å². The van der Waals surface area contributed by atoms with Gasteiger partial charge in [-0.15, -0.1) is 0 Å². The Hall–Kier alpha value is -4.48. The van der Waals surface area contributed by atoms with E-state index in [-0.39, 0.29) is 6.04 Å². The minimum Gasteiger partial charge on any atom is -0.328 e. The molecule has 0 amide bonds. The van der Waals surface area contributed by atoms with E-state index in [9.17, 15) is 0 Å². The summed E-state index contributed by atoms with van der Waals surface area (Å²) in [6.45, 7) is 12.8. The van der Waals surface area contributed by atoms with Gasteiger partial charge in [0.1, 0.15) is 0 Å². The van der Waals surface area contributed by atoms with Crippen LogP contribution >= 0.6 is 0 Å². The van der Waals surface area contributed by atoms with E-state index >= 15 is 0 Å². The van der Waals surface area contributed by atoms with Crippen molar-refractivity contribution in [3.8, 4) is 0 Å². The highest BCUT2D eigenvalue weighted by Crippen LogP contribution is 2.30. The Kier molecular flexibility index (Phi) is 9.08. The Morgan fingerprint density at radius 2 is 1.33 bits per heavy atom. The molecule has 0 aromatic heterocycles. The van der Waals surface area contributed by atoms with Crippen molar-refractivity contribution in [1.29, 1.82) is 0 Å². The van der Waals surface area contributed by atoms with Crippen molar-refractivity contribution in [3.05, 3.63) is 166 Å². The molecule has 0 radical (unpaired) electrons. The quantitative estimate of drug-likeness (QED) is 0.258. The average Bonchev–Trinajstić information content (AvgIpc) is 3.24. The van der Waals surface area contributed by atoms with Crippen LogP contribution in [0.3, 0.4) is 0 Å². The molecule has 1 unspecified atom stereocenters. The van der Waals surface area contributed by atoms with Crippen LogP contribution in [0.5, 0.6) is 0 Å². The lowest BCUT2D eigenvalue weighted by molar-refractivity contribution is 0.825. The van der Waals surface area contributed by atoms with Crippen molar-refractivity contribution in [2.75, 3.05) is 9.80 Å². The lowest BCUT2D eigenvalue weighted by Crippen LogP contribution is -2.32. The van der Waals surface area contributed by atoms with Crippen LogP contribution in [-0.4, -0.2) is 6.04 Å². The average molecular weight is 511 g/mol. The van der Waals surface area contributed by atoms with Crippen LogP contribution < -0.4 is 9.80 Å². The van der Waals surface area contributed by atoms with Crippen LogP contribution in [0.15, 0.2) is 155 Å². The lowest BCUT2D eigenvalue weighted by atomic mass is 10.1. The second-order valence-corrected chi connectivity index (χ2v) is 10.1. The first-order valence-corrected chi connectivity index (χ1v) is 13.6. The number of allylic oxidation sites excluding steroid dienone is 10. The first kappa shape index (κ1) is 27.6. The maximum absolute atomic E-state index is 3.54. The molecule has 4 rings (SSSR count). The van der Waals surface area contributed by atoms with Gasteiger partial charge in [0, 0.05) is 17.1 Å². The highest BCUT2D eigenvalue weighted by atomic mass is 15.2. The molecule has 2 aromatic carbocycles. The summed E-state index contributed by atoms with van der Waals surface area (Å²) < 4.78 is 0. The third-order valence-electron chi connectivity index (χ3n) is 6.58. The van der Waals surface area contributed by atoms with E-state index < -0.39 is 0 Å². The van der Waals surface area contributed by atoms with Crippen molar-refractivity contribution in [2.24, 2.45) is 0 Å². The van der Waals surface area contributed by atoms with Gasteiger partial charge in [-0.2, -0.15) is 0 Å². The van der Waals surface area contributed by atoms with E-state index in [2.05, 4.69) is 178 Å². The van der Waals surface area contributed by atoms with E-state index in [0.717, 1.165) is 28.5 Å². The molecule has 0 heterocycles. The maximum Gasteiger partial charge on any atom is 0.0890 e. The molecule has 0 saturated carbocycles. The summed E-state index contributed by atoms with van der Waals surface area (Å²) in [5.41, 5.74) is 17.2. The van der Waals surface area contributed by atoms with Crippen LogP contribution in [0.4, 0.5) is 11.4 Å². The predicted molar refractivity (Wildman–Crippen MR) is 169 cm³/mol. The van der Waals surface area contributed by atoms with Gasteiger partial charge in [0.05, 0.1) is 17.4 Å². The van der Waals surface area contributed by atoms with Gasteiger partial charge in [-0.25, -0.2) is 0 Å². The van der Waals surface area contributed by atoms with Gasteiger partial charge in [0.2, 0.25) is 0 Å². The first-order chi connectivity index (χ1) is 18.9. The Bertz CT molecular complexity index is 1540. The van der Waals surface area contributed by atoms with E-state index in [0.29, 0.717) is 0 Å². The van der Waals surface area contributed by atoms with Gasteiger partial charge in [-0.05, 0) is 125 Å². The molecule has 0 N–H and O–H groups in total. The smallest absolute Gasteiger partial charge is 0.0890 e. The molecule has 1 atom stereocenters. The molecule has 0 aliphatic heterocycles. The van der Waals surface area contributed by atoms with Crippen LogP contribution in [0.2, 0.25) is 0 Å². The van der Waals surface area contributed by atoms with Gasteiger partial charge < -0.3 is 9.80 Å². The summed E-state index contributed by atoms with van der Waals surface area (Å²) >= 11 is 0. The largest absolute Gasteiger partial charge is 0.328 e. The molecule has 0 spiro atoms. The highest BCUT2D eigenvalue weighted by Gasteiger charge is 2.21. The second kappa shape index (κ2) is 12.9. The van der Waals surface area contributed by atoms with Crippen molar-refractivity contribution in [3.63, 3.8) is 0 Å². The van der Waals surface area contributed by atoms with E-state index in [4.69, 9.17) is 0 Å². The Morgan fingerprint density at radius 3 is 1.95 bits per heavy atom. The summed E-state index contributed by atoms with van der Waals surface area (Å²) in [4.78, 5) is 4.64. The fourth-order valence-electron chi connectivity index (χ4n) is 4.70. The minimum absolute atomic E-state index is 0.0171. The molecule has 2 aliphatic carbocycles. The number of hydrogen-bond donors (Lipinski definition) is 0. The van der Waals surface area contributed by atoms with Crippen molar-refractivity contribution < 1.29 is 0 Å². The summed E-state index contributed by atoms with van der Waals surface area (Å²) in [6.07, 6.45) is 23.4. The molecule has 2 aliphatic rings. The lowest BCUT2D eigenvalue weighted by Gasteiger charge is -2.32. The van der Waals surface area contributed by atoms with Crippen LogP contribution in [0.25, 0.3) is 0 Å². The van der Waals surface area contributed by atoms with Gasteiger partial charge in [0.25, 0.3) is 0 Å². The fourth-order valence-corrected chi connectivity index (χ4v) is 4.70. The summed E-state index contributed by atoms with van der Waals surface area (Å²) in [6, 6.07) is 17.3. The maximum atomic E-state index is 3.54. The molecule has 196 valence electrons. The fraction of sp³-hybridized carbons (Fsp3) is 0.189. The van der Waals surface area contributed by atoms with Gasteiger partial charge in [0.15, 0.2) is 0 Å². The topological polar surface area (TPSA) is 6.48 Å². The zero-order valence-electron chi connectivity index (χ0n) is 23.9. The van der Waals surface area contributed by atoms with Gasteiger partial charge in [-0.1, -0.05) is 66.1 Å². The van der Waals surface area contributed by atoms with Gasteiger partial charge in [-0.3, -0.25) is 0 Å². The molecule has 2 heteroatoms. The first-order valence-electron chi connectivity index (χ1n) is 13.6. The summed E-state index contributed by atoms with van der Waals surface area (Å²) in [7, 11) is 0. The monoisotopic (exact) mass is 510 g/mol. The third-order valence-corrected chi connectivity index (χ3v) is 6.58. The molecule has 0 saturated heterocycles. The number of rotatable bonds is 8. The molecule has 39 heavy (non-hydrogen) atoms. The van der Waals surface area contributed by atoms with Gasteiger partial charge >= 0.3 is 0 Å². The van der Waals surface area contributed by atoms with E-state index in [1.54, 1.807) is 0 Å². The zero-order valence-corrected chi connectivity index (χ0v) is 23.9. The van der Waals surface area contributed by atoms with Crippen molar-refractivity contribution in [2.45, 2.75) is 47.6 Å². The Balaban J connectivity index is 1.89. The Morgan fingerprint density at radius 1 is 0.769 bits per heavy atom. The third kappa shape index (κ3) is 7.09. The molecule has 0 fully saturated rings. The SMILES string of the molecule is C/C=C\C(=C/C(C)N(C1=C=CC(C)=CC=C1)c1cccc(C)c1)N(C1=C=CC(C)=CC=C1)c1cccc(C)c1. The summed E-state index contributed by atoms with van der Waals surface area (Å²) in [5, 5.41) is 0. The number of benzene rings is 2. The predicted octanol–water partition coefficient (Wildman–Crippen LogP) is 9.58. The normalized spacial score (nSPS) is 15.8. The van der Waals surface area contributed by atoms with E-state index in [1.807, 2.05) is 0 Å². The minimum atomic E-state index is 0.0171. The zero-order chi connectivity index (χ0) is 27.8. The van der Waals surface area contributed by atoms with Crippen LogP contribution in [-0.2, 0) is 0 Å². The number of anilines is 2. The van der Waals surface area contributed by atoms with E-state index in [1.165, 1.54) is 22.3 Å². The standard InChI is InChI=1S/C37H38N2/c1-7-12-35(39(37-20-11-16-31(5)26-37)34-18-9-14-29(3)22-24-34)27-32(6)38(36-19-10-15-30(4)25-36)33-17-8-13-28(2)21-23-33/h7-22,25-27,32H,1-6H3/b12-7-,35-27+. The summed E-state index contributed by atoms with van der Waals surface area (Å²) in [5.74, 6) is 0. The van der Waals surface area contributed by atoms with Crippen molar-refractivity contribution >= 4 is 11.4 Å². The molecule has 2 nitrogen and oxygen atoms in total. The van der Waals surface area contributed by atoms with Crippen molar-refractivity contribution in [1.82, 2.24) is 0 Å². The Labute approximate surface area is 234 Å². The molecule has 2 aromatic rings. The molecular weight excluding hydrogens is 472 g/mol. The molecular formula is C37H38N2. The second-order valence-electron chi connectivity index (χ2n) is 10.1. The number of aryl methyl sites for hydroxylation is 2. The highest BCUT2D eigenvalue weighted by molar-refractivity contribution is 5.65. The molecule has 0 bridgehead atoms. The number of nitrogens with zero attached hydrogens (tertiary/aromatic N) is 2.